The second-order valence-corrected chi connectivity index (χ2v) is 8.41. The standard InChI is InChI=1S/C9H20OSi/c1-7-10-11(6,8-2)9(3,4)5/h8H,2,7H2,1,3-6H3. The first kappa shape index (κ1) is 10.9. The van der Waals surface area contributed by atoms with Gasteiger partial charge in [-0.2, -0.15) is 0 Å². The zero-order valence-corrected chi connectivity index (χ0v) is 9.40. The van der Waals surface area contributed by atoms with Crippen LogP contribution in [0.1, 0.15) is 27.7 Å². The summed E-state index contributed by atoms with van der Waals surface area (Å²) in [6.45, 7) is 15.6. The van der Waals surface area contributed by atoms with E-state index in [2.05, 4.69) is 33.9 Å². The third kappa shape index (κ3) is 2.45. The monoisotopic (exact) mass is 172 g/mol. The molecule has 0 aliphatic rings. The topological polar surface area (TPSA) is 9.23 Å². The van der Waals surface area contributed by atoms with Crippen LogP contribution in [0.3, 0.4) is 0 Å². The Labute approximate surface area is 71.6 Å². The van der Waals surface area contributed by atoms with Gasteiger partial charge in [0.05, 0.1) is 0 Å². The van der Waals surface area contributed by atoms with E-state index in [1.54, 1.807) is 0 Å². The lowest BCUT2D eigenvalue weighted by Gasteiger charge is -2.36. The van der Waals surface area contributed by atoms with Crippen molar-refractivity contribution in [2.24, 2.45) is 0 Å². The molecule has 0 spiro atoms. The van der Waals surface area contributed by atoms with Crippen molar-refractivity contribution < 1.29 is 4.43 Å². The van der Waals surface area contributed by atoms with Gasteiger partial charge < -0.3 is 4.43 Å². The first-order valence-corrected chi connectivity index (χ1v) is 6.63. The minimum absolute atomic E-state index is 0.255. The van der Waals surface area contributed by atoms with Crippen LogP contribution >= 0.6 is 0 Å². The Bertz CT molecular complexity index is 137. The first-order valence-electron chi connectivity index (χ1n) is 4.15. The van der Waals surface area contributed by atoms with Crippen molar-refractivity contribution in [3.05, 3.63) is 12.3 Å². The molecule has 0 saturated carbocycles. The fourth-order valence-corrected chi connectivity index (χ4v) is 2.64. The van der Waals surface area contributed by atoms with Crippen LogP contribution in [0.2, 0.25) is 11.6 Å². The van der Waals surface area contributed by atoms with Crippen LogP contribution in [0, 0.1) is 0 Å². The van der Waals surface area contributed by atoms with Gasteiger partial charge in [0.25, 0.3) is 0 Å². The molecule has 0 aromatic carbocycles. The van der Waals surface area contributed by atoms with Crippen LogP contribution < -0.4 is 0 Å². The van der Waals surface area contributed by atoms with Crippen LogP contribution in [0.5, 0.6) is 0 Å². The van der Waals surface area contributed by atoms with Gasteiger partial charge >= 0.3 is 0 Å². The Kier molecular flexibility index (Phi) is 3.52. The van der Waals surface area contributed by atoms with Gasteiger partial charge in [-0.25, -0.2) is 0 Å². The van der Waals surface area contributed by atoms with Crippen LogP contribution in [0.15, 0.2) is 12.3 Å². The third-order valence-electron chi connectivity index (χ3n) is 2.32. The van der Waals surface area contributed by atoms with Crippen molar-refractivity contribution in [2.45, 2.75) is 39.3 Å². The van der Waals surface area contributed by atoms with Gasteiger partial charge in [0.2, 0.25) is 8.32 Å². The first-order chi connectivity index (χ1) is 4.87. The highest BCUT2D eigenvalue weighted by atomic mass is 28.4. The molecule has 0 aromatic rings. The third-order valence-corrected chi connectivity index (χ3v) is 6.97. The molecule has 0 aromatic heterocycles. The van der Waals surface area contributed by atoms with Gasteiger partial charge in [0.1, 0.15) is 0 Å². The van der Waals surface area contributed by atoms with Gasteiger partial charge in [0.15, 0.2) is 0 Å². The molecule has 0 heterocycles. The molecule has 2 heteroatoms. The van der Waals surface area contributed by atoms with Crippen molar-refractivity contribution in [1.82, 2.24) is 0 Å². The van der Waals surface area contributed by atoms with E-state index in [0.29, 0.717) is 0 Å². The molecule has 1 unspecified atom stereocenters. The van der Waals surface area contributed by atoms with E-state index < -0.39 is 8.32 Å². The van der Waals surface area contributed by atoms with E-state index >= 15 is 0 Å². The van der Waals surface area contributed by atoms with Crippen molar-refractivity contribution in [3.63, 3.8) is 0 Å². The molecule has 0 saturated heterocycles. The molecule has 0 aliphatic carbocycles. The normalized spacial score (nSPS) is 17.5. The molecule has 1 atom stereocenters. The van der Waals surface area contributed by atoms with Crippen molar-refractivity contribution in [2.75, 3.05) is 6.61 Å². The van der Waals surface area contributed by atoms with E-state index in [0.717, 1.165) is 6.61 Å². The molecule has 1 nitrogen and oxygen atoms in total. The largest absolute Gasteiger partial charge is 0.413 e. The lowest BCUT2D eigenvalue weighted by Crippen LogP contribution is -2.42. The minimum atomic E-state index is -1.66. The maximum atomic E-state index is 5.76. The average Bonchev–Trinajstić information content (AvgIpc) is 1.86. The lowest BCUT2D eigenvalue weighted by atomic mass is 10.2. The highest BCUT2D eigenvalue weighted by Crippen LogP contribution is 2.37. The highest BCUT2D eigenvalue weighted by Gasteiger charge is 2.38. The molecule has 0 radical (unpaired) electrons. The molecule has 11 heavy (non-hydrogen) atoms. The fourth-order valence-electron chi connectivity index (χ4n) is 0.881. The molecular formula is C9H20OSi. The van der Waals surface area contributed by atoms with Gasteiger partial charge in [-0.3, -0.25) is 0 Å². The molecule has 0 rings (SSSR count). The number of hydrogen-bond acceptors (Lipinski definition) is 1. The van der Waals surface area contributed by atoms with E-state index in [9.17, 15) is 0 Å². The molecule has 0 bridgehead atoms. The summed E-state index contributed by atoms with van der Waals surface area (Å²) in [5.74, 6) is 0. The quantitative estimate of drug-likeness (QED) is 0.594. The van der Waals surface area contributed by atoms with Crippen molar-refractivity contribution in [1.29, 1.82) is 0 Å². The zero-order valence-electron chi connectivity index (χ0n) is 8.40. The molecule has 0 amide bonds. The Balaban J connectivity index is 4.46. The van der Waals surface area contributed by atoms with Crippen LogP contribution in [0.4, 0.5) is 0 Å². The fraction of sp³-hybridized carbons (Fsp3) is 0.778. The summed E-state index contributed by atoms with van der Waals surface area (Å²) < 4.78 is 5.76. The Morgan fingerprint density at radius 3 is 2.00 bits per heavy atom. The summed E-state index contributed by atoms with van der Waals surface area (Å²) in [5, 5.41) is 0.255. The number of rotatable bonds is 3. The highest BCUT2D eigenvalue weighted by molar-refractivity contribution is 6.80. The summed E-state index contributed by atoms with van der Waals surface area (Å²) >= 11 is 0. The van der Waals surface area contributed by atoms with E-state index in [-0.39, 0.29) is 5.04 Å². The summed E-state index contributed by atoms with van der Waals surface area (Å²) in [4.78, 5) is 0. The van der Waals surface area contributed by atoms with E-state index in [1.165, 1.54) is 0 Å². The van der Waals surface area contributed by atoms with Crippen molar-refractivity contribution in [3.8, 4) is 0 Å². The lowest BCUT2D eigenvalue weighted by molar-refractivity contribution is 0.312. The van der Waals surface area contributed by atoms with Crippen LogP contribution in [-0.4, -0.2) is 14.9 Å². The van der Waals surface area contributed by atoms with E-state index in [1.807, 2.05) is 12.6 Å². The number of hydrogen-bond donors (Lipinski definition) is 0. The summed E-state index contributed by atoms with van der Waals surface area (Å²) in [7, 11) is -1.66. The Morgan fingerprint density at radius 1 is 1.45 bits per heavy atom. The second-order valence-electron chi connectivity index (χ2n) is 3.99. The van der Waals surface area contributed by atoms with Crippen LogP contribution in [0.25, 0.3) is 0 Å². The molecule has 0 fully saturated rings. The SMILES string of the molecule is C=C[Si](C)(OCC)C(C)(C)C. The minimum Gasteiger partial charge on any atom is -0.413 e. The summed E-state index contributed by atoms with van der Waals surface area (Å²) in [6, 6.07) is 0. The summed E-state index contributed by atoms with van der Waals surface area (Å²) in [6.07, 6.45) is 0. The molecular weight excluding hydrogens is 152 g/mol. The molecule has 0 N–H and O–H groups in total. The van der Waals surface area contributed by atoms with E-state index in [4.69, 9.17) is 4.43 Å². The smallest absolute Gasteiger partial charge is 0.218 e. The zero-order chi connectivity index (χ0) is 9.12. The molecule has 0 aliphatic heterocycles. The summed E-state index contributed by atoms with van der Waals surface area (Å²) in [5.41, 5.74) is 2.02. The second kappa shape index (κ2) is 3.54. The van der Waals surface area contributed by atoms with Gasteiger partial charge in [-0.05, 0) is 18.5 Å². The van der Waals surface area contributed by atoms with Crippen molar-refractivity contribution >= 4 is 8.32 Å². The van der Waals surface area contributed by atoms with Crippen LogP contribution in [-0.2, 0) is 4.43 Å². The predicted molar refractivity (Wildman–Crippen MR) is 53.2 cm³/mol. The average molecular weight is 172 g/mol. The Morgan fingerprint density at radius 2 is 1.91 bits per heavy atom. The maximum absolute atomic E-state index is 5.76. The van der Waals surface area contributed by atoms with Gasteiger partial charge in [0, 0.05) is 6.61 Å². The van der Waals surface area contributed by atoms with Gasteiger partial charge in [-0.15, -0.1) is 6.58 Å². The van der Waals surface area contributed by atoms with Gasteiger partial charge in [-0.1, -0.05) is 26.5 Å². The predicted octanol–water partition coefficient (Wildman–Crippen LogP) is 3.12. The Hall–Kier alpha value is -0.0831. The maximum Gasteiger partial charge on any atom is 0.218 e. The molecule has 66 valence electrons.